The molecule has 0 saturated carbocycles. The van der Waals surface area contributed by atoms with E-state index in [-0.39, 0.29) is 24.3 Å². The smallest absolute Gasteiger partial charge is 0.338 e. The van der Waals surface area contributed by atoms with E-state index < -0.39 is 0 Å². The van der Waals surface area contributed by atoms with Crippen molar-refractivity contribution in [1.29, 1.82) is 0 Å². The molecule has 3 aromatic rings. The molecule has 1 aliphatic rings. The maximum atomic E-state index is 13.2. The number of hydrogen-bond acceptors (Lipinski definition) is 4. The Balaban J connectivity index is 1.58. The van der Waals surface area contributed by atoms with Crippen molar-refractivity contribution in [2.75, 3.05) is 24.6 Å². The zero-order valence-corrected chi connectivity index (χ0v) is 20.6. The van der Waals surface area contributed by atoms with Gasteiger partial charge in [-0.05, 0) is 68.0 Å². The highest BCUT2D eigenvalue weighted by molar-refractivity contribution is 5.89. The largest absolute Gasteiger partial charge is 0.462 e. The summed E-state index contributed by atoms with van der Waals surface area (Å²) in [6.45, 7) is 6.32. The van der Waals surface area contributed by atoms with Gasteiger partial charge in [0.1, 0.15) is 0 Å². The van der Waals surface area contributed by atoms with Gasteiger partial charge >= 0.3 is 5.97 Å². The van der Waals surface area contributed by atoms with Gasteiger partial charge in [-0.3, -0.25) is 4.79 Å². The number of aryl methyl sites for hydroxylation is 1. The molecule has 35 heavy (non-hydrogen) atoms. The van der Waals surface area contributed by atoms with E-state index in [0.29, 0.717) is 12.2 Å². The number of carbonyl (C=O) groups excluding carboxylic acids is 2. The van der Waals surface area contributed by atoms with Gasteiger partial charge in [0.25, 0.3) is 0 Å². The number of rotatable bonds is 8. The Bertz CT molecular complexity index is 1140. The summed E-state index contributed by atoms with van der Waals surface area (Å²) < 4.78 is 5.05. The Hall–Kier alpha value is -3.60. The zero-order chi connectivity index (χ0) is 24.6. The average molecular weight is 471 g/mol. The molecule has 0 aromatic heterocycles. The van der Waals surface area contributed by atoms with Crippen LogP contribution >= 0.6 is 0 Å². The summed E-state index contributed by atoms with van der Waals surface area (Å²) in [6.07, 6.45) is 3.89. The molecule has 1 atom stereocenters. The standard InChI is InChI=1S/C30H34N2O3/c1-3-35-30(34)25-15-13-23(14-16-25)21-28(33)31-29(24-10-6-4-7-11-24)26-17-12-22(2)20-27(26)32-18-8-5-9-19-32/h4,6-7,10-17,20,29H,3,5,8-9,18-19,21H2,1-2H3,(H,31,33). The van der Waals surface area contributed by atoms with Crippen molar-refractivity contribution in [2.24, 2.45) is 0 Å². The third-order valence-corrected chi connectivity index (χ3v) is 6.46. The van der Waals surface area contributed by atoms with E-state index in [1.165, 1.54) is 30.5 Å². The minimum Gasteiger partial charge on any atom is -0.462 e. The summed E-state index contributed by atoms with van der Waals surface area (Å²) in [5.41, 5.74) is 5.94. The summed E-state index contributed by atoms with van der Waals surface area (Å²) in [6, 6.07) is 23.5. The number of nitrogens with zero attached hydrogens (tertiary/aromatic N) is 1. The van der Waals surface area contributed by atoms with Crippen LogP contribution in [0, 0.1) is 6.92 Å². The minimum absolute atomic E-state index is 0.0621. The van der Waals surface area contributed by atoms with Crippen LogP contribution in [0.2, 0.25) is 0 Å². The molecular formula is C30H34N2O3. The van der Waals surface area contributed by atoms with Crippen molar-refractivity contribution < 1.29 is 14.3 Å². The highest BCUT2D eigenvalue weighted by Gasteiger charge is 2.23. The van der Waals surface area contributed by atoms with Gasteiger partial charge in [-0.2, -0.15) is 0 Å². The number of esters is 1. The molecule has 182 valence electrons. The van der Waals surface area contributed by atoms with Gasteiger partial charge in [0.05, 0.1) is 24.6 Å². The maximum Gasteiger partial charge on any atom is 0.338 e. The summed E-state index contributed by atoms with van der Waals surface area (Å²) >= 11 is 0. The van der Waals surface area contributed by atoms with Gasteiger partial charge in [0.15, 0.2) is 0 Å². The fourth-order valence-corrected chi connectivity index (χ4v) is 4.66. The Labute approximate surface area is 208 Å². The van der Waals surface area contributed by atoms with E-state index >= 15 is 0 Å². The van der Waals surface area contributed by atoms with Gasteiger partial charge < -0.3 is 15.0 Å². The molecule has 1 heterocycles. The SMILES string of the molecule is CCOC(=O)c1ccc(CC(=O)NC(c2ccccc2)c2ccc(C)cc2N2CCCCC2)cc1. The number of anilines is 1. The predicted molar refractivity (Wildman–Crippen MR) is 140 cm³/mol. The first-order valence-corrected chi connectivity index (χ1v) is 12.5. The fraction of sp³-hybridized carbons (Fsp3) is 0.333. The zero-order valence-electron chi connectivity index (χ0n) is 20.6. The lowest BCUT2D eigenvalue weighted by Crippen LogP contribution is -2.34. The highest BCUT2D eigenvalue weighted by atomic mass is 16.5. The van der Waals surface area contributed by atoms with Crippen LogP contribution in [-0.4, -0.2) is 31.6 Å². The van der Waals surface area contributed by atoms with E-state index in [1.807, 2.05) is 30.3 Å². The first-order chi connectivity index (χ1) is 17.0. The first kappa shape index (κ1) is 24.5. The number of ether oxygens (including phenoxy) is 1. The molecule has 5 heteroatoms. The van der Waals surface area contributed by atoms with Crippen molar-refractivity contribution >= 4 is 17.6 Å². The summed E-state index contributed by atoms with van der Waals surface area (Å²) in [5.74, 6) is -0.412. The number of carbonyl (C=O) groups is 2. The number of hydrogen-bond donors (Lipinski definition) is 1. The van der Waals surface area contributed by atoms with Crippen LogP contribution in [-0.2, 0) is 16.0 Å². The number of amides is 1. The highest BCUT2D eigenvalue weighted by Crippen LogP contribution is 2.33. The quantitative estimate of drug-likeness (QED) is 0.435. The van der Waals surface area contributed by atoms with Crippen LogP contribution in [0.25, 0.3) is 0 Å². The molecule has 0 radical (unpaired) electrons. The molecule has 1 unspecified atom stereocenters. The number of piperidine rings is 1. The van der Waals surface area contributed by atoms with Crippen LogP contribution in [0.5, 0.6) is 0 Å². The molecule has 4 rings (SSSR count). The molecule has 1 fully saturated rings. The third kappa shape index (κ3) is 6.30. The van der Waals surface area contributed by atoms with E-state index in [1.54, 1.807) is 19.1 Å². The van der Waals surface area contributed by atoms with Crippen LogP contribution in [0.4, 0.5) is 5.69 Å². The molecule has 3 aromatic carbocycles. The Kier molecular flexibility index (Phi) is 8.19. The monoisotopic (exact) mass is 470 g/mol. The van der Waals surface area contributed by atoms with E-state index in [2.05, 4.69) is 47.5 Å². The van der Waals surface area contributed by atoms with Crippen LogP contribution < -0.4 is 10.2 Å². The number of nitrogens with one attached hydrogen (secondary N) is 1. The molecule has 1 N–H and O–H groups in total. The van der Waals surface area contributed by atoms with Crippen molar-refractivity contribution in [3.63, 3.8) is 0 Å². The number of benzene rings is 3. The second-order valence-electron chi connectivity index (χ2n) is 9.12. The normalized spacial score (nSPS) is 14.3. The van der Waals surface area contributed by atoms with Crippen molar-refractivity contribution in [2.45, 2.75) is 45.6 Å². The molecule has 0 spiro atoms. The van der Waals surface area contributed by atoms with Gasteiger partial charge in [0.2, 0.25) is 5.91 Å². The van der Waals surface area contributed by atoms with Gasteiger partial charge in [0, 0.05) is 24.3 Å². The Morgan fingerprint density at radius 3 is 2.34 bits per heavy atom. The Morgan fingerprint density at radius 2 is 1.66 bits per heavy atom. The molecule has 1 amide bonds. The minimum atomic E-state index is -0.350. The average Bonchev–Trinajstić information content (AvgIpc) is 2.89. The lowest BCUT2D eigenvalue weighted by Gasteiger charge is -2.33. The lowest BCUT2D eigenvalue weighted by molar-refractivity contribution is -0.120. The first-order valence-electron chi connectivity index (χ1n) is 12.5. The fourth-order valence-electron chi connectivity index (χ4n) is 4.66. The van der Waals surface area contributed by atoms with E-state index in [9.17, 15) is 9.59 Å². The van der Waals surface area contributed by atoms with E-state index in [4.69, 9.17) is 4.74 Å². The van der Waals surface area contributed by atoms with Gasteiger partial charge in [-0.1, -0.05) is 54.6 Å². The molecule has 5 nitrogen and oxygen atoms in total. The summed E-state index contributed by atoms with van der Waals surface area (Å²) in [4.78, 5) is 27.6. The van der Waals surface area contributed by atoms with E-state index in [0.717, 1.165) is 29.8 Å². The molecule has 1 aliphatic heterocycles. The van der Waals surface area contributed by atoms with Gasteiger partial charge in [-0.25, -0.2) is 4.79 Å². The Morgan fingerprint density at radius 1 is 0.943 bits per heavy atom. The second kappa shape index (κ2) is 11.7. The molecular weight excluding hydrogens is 436 g/mol. The van der Waals surface area contributed by atoms with Crippen molar-refractivity contribution in [1.82, 2.24) is 5.32 Å². The predicted octanol–water partition coefficient (Wildman–Crippen LogP) is 5.61. The van der Waals surface area contributed by atoms with Crippen LogP contribution in [0.1, 0.15) is 64.8 Å². The maximum absolute atomic E-state index is 13.2. The van der Waals surface area contributed by atoms with Gasteiger partial charge in [-0.15, -0.1) is 0 Å². The topological polar surface area (TPSA) is 58.6 Å². The molecule has 0 aliphatic carbocycles. The summed E-state index contributed by atoms with van der Waals surface area (Å²) in [5, 5.41) is 3.30. The van der Waals surface area contributed by atoms with Crippen LogP contribution in [0.3, 0.4) is 0 Å². The third-order valence-electron chi connectivity index (χ3n) is 6.46. The molecule has 1 saturated heterocycles. The van der Waals surface area contributed by atoms with Crippen LogP contribution in [0.15, 0.2) is 72.8 Å². The molecule has 0 bridgehead atoms. The lowest BCUT2D eigenvalue weighted by atomic mass is 9.94. The summed E-state index contributed by atoms with van der Waals surface area (Å²) in [7, 11) is 0. The van der Waals surface area contributed by atoms with Crippen molar-refractivity contribution in [3.05, 3.63) is 101 Å². The van der Waals surface area contributed by atoms with Crippen molar-refractivity contribution in [3.8, 4) is 0 Å². The second-order valence-corrected chi connectivity index (χ2v) is 9.12.